The molecule has 0 saturated heterocycles. The Morgan fingerprint density at radius 1 is 0.897 bits per heavy atom. The largest absolute Gasteiger partial charge is 0.458 e. The van der Waals surface area contributed by atoms with Crippen molar-refractivity contribution < 1.29 is 19.1 Å². The average molecular weight is 406 g/mol. The number of benzene rings is 1. The zero-order valence-electron chi connectivity index (χ0n) is 19.7. The maximum atomic E-state index is 13.1. The van der Waals surface area contributed by atoms with E-state index in [1.54, 1.807) is 0 Å². The van der Waals surface area contributed by atoms with E-state index in [2.05, 4.69) is 6.92 Å². The highest BCUT2D eigenvalue weighted by atomic mass is 16.6. The van der Waals surface area contributed by atoms with Crippen molar-refractivity contribution >= 4 is 12.1 Å². The van der Waals surface area contributed by atoms with Crippen molar-refractivity contribution in [2.24, 2.45) is 5.92 Å². The molecule has 0 heterocycles. The molecule has 5 heteroatoms. The van der Waals surface area contributed by atoms with Crippen LogP contribution in [0.3, 0.4) is 0 Å². The number of hydrogen-bond acceptors (Lipinski definition) is 4. The van der Waals surface area contributed by atoms with Crippen LogP contribution in [0.2, 0.25) is 0 Å². The number of amides is 1. The molecule has 0 N–H and O–H groups in total. The molecule has 5 nitrogen and oxygen atoms in total. The van der Waals surface area contributed by atoms with Crippen LogP contribution < -0.4 is 0 Å². The Morgan fingerprint density at radius 2 is 1.38 bits per heavy atom. The van der Waals surface area contributed by atoms with Gasteiger partial charge < -0.3 is 9.47 Å². The Labute approximate surface area is 176 Å². The van der Waals surface area contributed by atoms with Crippen LogP contribution in [0.15, 0.2) is 24.3 Å². The fourth-order valence-corrected chi connectivity index (χ4v) is 2.87. The van der Waals surface area contributed by atoms with E-state index >= 15 is 0 Å². The fraction of sp³-hybridized carbons (Fsp3) is 0.667. The molecule has 0 aliphatic rings. The lowest BCUT2D eigenvalue weighted by molar-refractivity contribution is -0.162. The van der Waals surface area contributed by atoms with E-state index in [-0.39, 0.29) is 12.5 Å². The van der Waals surface area contributed by atoms with Crippen molar-refractivity contribution in [1.82, 2.24) is 4.90 Å². The van der Waals surface area contributed by atoms with E-state index in [1.807, 2.05) is 79.7 Å². The summed E-state index contributed by atoms with van der Waals surface area (Å²) in [6, 6.07) is 7.38. The van der Waals surface area contributed by atoms with Crippen LogP contribution in [0.1, 0.15) is 79.9 Å². The number of aryl methyl sites for hydroxylation is 1. The first-order valence-electron chi connectivity index (χ1n) is 10.5. The van der Waals surface area contributed by atoms with Crippen LogP contribution in [-0.4, -0.2) is 34.2 Å². The first-order chi connectivity index (χ1) is 13.2. The summed E-state index contributed by atoms with van der Waals surface area (Å²) in [5.41, 5.74) is 0.890. The lowest BCUT2D eigenvalue weighted by Crippen LogP contribution is -2.49. The van der Waals surface area contributed by atoms with Gasteiger partial charge in [0.1, 0.15) is 17.2 Å². The van der Waals surface area contributed by atoms with E-state index in [4.69, 9.17) is 9.47 Å². The molecular formula is C24H39NO4. The van der Waals surface area contributed by atoms with Crippen LogP contribution in [0.25, 0.3) is 0 Å². The fourth-order valence-electron chi connectivity index (χ4n) is 2.87. The molecule has 1 atom stereocenters. The zero-order chi connectivity index (χ0) is 22.4. The first-order valence-corrected chi connectivity index (χ1v) is 10.5. The standard InChI is InChI=1S/C24H39NO4/c1-10-18-11-13-19(14-12-18)16-25(22(27)29-24(7,8)9)20(15-17(2)3)21(26)28-23(4,5)6/h11-14,17,20H,10,15-16H2,1-9H3. The molecule has 0 bridgehead atoms. The van der Waals surface area contributed by atoms with Crippen LogP contribution in [-0.2, 0) is 27.2 Å². The maximum absolute atomic E-state index is 13.1. The van der Waals surface area contributed by atoms with Gasteiger partial charge in [-0.25, -0.2) is 9.59 Å². The van der Waals surface area contributed by atoms with Gasteiger partial charge in [0, 0.05) is 6.54 Å². The Hall–Kier alpha value is -2.04. The minimum absolute atomic E-state index is 0.208. The minimum atomic E-state index is -0.713. The molecule has 0 spiro atoms. The summed E-state index contributed by atoms with van der Waals surface area (Å²) in [6.45, 7) is 17.4. The number of ether oxygens (including phenoxy) is 2. The molecule has 1 aromatic rings. The van der Waals surface area contributed by atoms with Gasteiger partial charge in [-0.05, 0) is 71.4 Å². The normalized spacial score (nSPS) is 13.2. The summed E-state index contributed by atoms with van der Waals surface area (Å²) in [7, 11) is 0. The highest BCUT2D eigenvalue weighted by molar-refractivity contribution is 5.82. The van der Waals surface area contributed by atoms with Gasteiger partial charge in [0.05, 0.1) is 0 Å². The molecule has 1 aromatic carbocycles. The van der Waals surface area contributed by atoms with Gasteiger partial charge in [-0.15, -0.1) is 0 Å². The monoisotopic (exact) mass is 405 g/mol. The molecule has 1 amide bonds. The highest BCUT2D eigenvalue weighted by Gasteiger charge is 2.36. The molecule has 29 heavy (non-hydrogen) atoms. The number of carbonyl (C=O) groups is 2. The summed E-state index contributed by atoms with van der Waals surface area (Å²) in [4.78, 5) is 27.6. The van der Waals surface area contributed by atoms with Crippen LogP contribution >= 0.6 is 0 Å². The third-order valence-corrected chi connectivity index (χ3v) is 4.16. The molecule has 0 aliphatic heterocycles. The maximum Gasteiger partial charge on any atom is 0.411 e. The highest BCUT2D eigenvalue weighted by Crippen LogP contribution is 2.22. The van der Waals surface area contributed by atoms with Crippen molar-refractivity contribution in [3.8, 4) is 0 Å². The summed E-state index contributed by atoms with van der Waals surface area (Å²) in [5, 5.41) is 0. The van der Waals surface area contributed by atoms with E-state index in [9.17, 15) is 9.59 Å². The molecule has 164 valence electrons. The van der Waals surface area contributed by atoms with E-state index < -0.39 is 29.3 Å². The predicted molar refractivity (Wildman–Crippen MR) is 117 cm³/mol. The summed E-state index contributed by atoms with van der Waals surface area (Å²) in [6.07, 6.45) is 0.944. The number of hydrogen-bond donors (Lipinski definition) is 0. The zero-order valence-corrected chi connectivity index (χ0v) is 19.7. The van der Waals surface area contributed by atoms with Crippen molar-refractivity contribution in [1.29, 1.82) is 0 Å². The molecular weight excluding hydrogens is 366 g/mol. The number of rotatable bonds is 7. The Kier molecular flexibility index (Phi) is 8.73. The Morgan fingerprint density at radius 3 is 1.79 bits per heavy atom. The minimum Gasteiger partial charge on any atom is -0.458 e. The van der Waals surface area contributed by atoms with Gasteiger partial charge in [0.2, 0.25) is 0 Å². The number of nitrogens with zero attached hydrogens (tertiary/aromatic N) is 1. The van der Waals surface area contributed by atoms with E-state index in [1.165, 1.54) is 10.5 Å². The molecule has 0 aromatic heterocycles. The lowest BCUT2D eigenvalue weighted by Gasteiger charge is -2.34. The number of carbonyl (C=O) groups excluding carboxylic acids is 2. The van der Waals surface area contributed by atoms with Gasteiger partial charge in [0.15, 0.2) is 0 Å². The smallest absolute Gasteiger partial charge is 0.411 e. The average Bonchev–Trinajstić information content (AvgIpc) is 2.55. The molecule has 0 aliphatic carbocycles. The second kappa shape index (κ2) is 10.1. The van der Waals surface area contributed by atoms with Gasteiger partial charge >= 0.3 is 12.1 Å². The van der Waals surface area contributed by atoms with Crippen LogP contribution in [0.5, 0.6) is 0 Å². The Balaban J connectivity index is 3.26. The topological polar surface area (TPSA) is 55.8 Å². The van der Waals surface area contributed by atoms with Crippen molar-refractivity contribution in [3.05, 3.63) is 35.4 Å². The van der Waals surface area contributed by atoms with Crippen molar-refractivity contribution in [2.75, 3.05) is 0 Å². The van der Waals surface area contributed by atoms with Gasteiger partial charge in [-0.3, -0.25) is 4.90 Å². The van der Waals surface area contributed by atoms with Crippen molar-refractivity contribution in [2.45, 2.75) is 98.9 Å². The predicted octanol–water partition coefficient (Wildman–Crippen LogP) is 5.74. The molecule has 0 fully saturated rings. The van der Waals surface area contributed by atoms with E-state index in [0.29, 0.717) is 6.42 Å². The summed E-state index contributed by atoms with van der Waals surface area (Å²) in [5.74, 6) is -0.192. The second-order valence-electron chi connectivity index (χ2n) is 9.96. The van der Waals surface area contributed by atoms with Gasteiger partial charge in [-0.1, -0.05) is 45.0 Å². The summed E-state index contributed by atoms with van der Waals surface area (Å²) >= 11 is 0. The van der Waals surface area contributed by atoms with Gasteiger partial charge in [0.25, 0.3) is 0 Å². The third-order valence-electron chi connectivity index (χ3n) is 4.16. The van der Waals surface area contributed by atoms with Crippen LogP contribution in [0.4, 0.5) is 4.79 Å². The molecule has 1 unspecified atom stereocenters. The van der Waals surface area contributed by atoms with Crippen molar-refractivity contribution in [3.63, 3.8) is 0 Å². The third kappa shape index (κ3) is 9.33. The summed E-state index contributed by atoms with van der Waals surface area (Å²) < 4.78 is 11.3. The molecule has 0 saturated carbocycles. The quantitative estimate of drug-likeness (QED) is 0.543. The van der Waals surface area contributed by atoms with Crippen LogP contribution in [0, 0.1) is 5.92 Å². The number of esters is 1. The SMILES string of the molecule is CCc1ccc(CN(C(=O)OC(C)(C)C)C(CC(C)C)C(=O)OC(C)(C)C)cc1. The second-order valence-corrected chi connectivity index (χ2v) is 9.96. The van der Waals surface area contributed by atoms with E-state index in [0.717, 1.165) is 12.0 Å². The lowest BCUT2D eigenvalue weighted by atomic mass is 10.0. The molecule has 0 radical (unpaired) electrons. The van der Waals surface area contributed by atoms with Gasteiger partial charge in [-0.2, -0.15) is 0 Å². The first kappa shape index (κ1) is 25.0. The Bertz CT molecular complexity index is 666. The molecule has 1 rings (SSSR count).